The molecule has 18 heavy (non-hydrogen) atoms. The van der Waals surface area contributed by atoms with Crippen molar-refractivity contribution in [3.05, 3.63) is 35.0 Å². The van der Waals surface area contributed by atoms with Crippen molar-refractivity contribution in [2.75, 3.05) is 13.1 Å². The molecular weight excluding hydrogens is 251 g/mol. The van der Waals surface area contributed by atoms with Gasteiger partial charge in [0.15, 0.2) is 0 Å². The molecule has 1 saturated heterocycles. The molecule has 0 unspecified atom stereocenters. The Morgan fingerprint density at radius 3 is 3.11 bits per heavy atom. The summed E-state index contributed by atoms with van der Waals surface area (Å²) >= 11 is 1.33. The van der Waals surface area contributed by atoms with Crippen LogP contribution in [0.15, 0.2) is 24.3 Å². The van der Waals surface area contributed by atoms with E-state index in [-0.39, 0.29) is 17.8 Å². The van der Waals surface area contributed by atoms with Gasteiger partial charge in [0, 0.05) is 17.3 Å². The second-order valence-electron chi connectivity index (χ2n) is 4.46. The number of fused-ring (bicyclic) bond motifs is 1. The Morgan fingerprint density at radius 2 is 2.33 bits per heavy atom. The molecule has 2 aromatic rings. The highest BCUT2D eigenvalue weighted by atomic mass is 32.1. The number of halogens is 1. The highest BCUT2D eigenvalue weighted by Gasteiger charge is 2.18. The number of amides is 1. The first-order valence-electron chi connectivity index (χ1n) is 5.93. The summed E-state index contributed by atoms with van der Waals surface area (Å²) in [6.45, 7) is 1.77. The van der Waals surface area contributed by atoms with E-state index in [2.05, 4.69) is 10.6 Å². The minimum absolute atomic E-state index is 0.0645. The molecule has 94 valence electrons. The maximum atomic E-state index is 13.1. The Labute approximate surface area is 108 Å². The average Bonchev–Trinajstić information content (AvgIpc) is 2.96. The normalized spacial score (nSPS) is 19.3. The van der Waals surface area contributed by atoms with E-state index < -0.39 is 0 Å². The van der Waals surface area contributed by atoms with Gasteiger partial charge in [-0.25, -0.2) is 4.39 Å². The zero-order valence-corrected chi connectivity index (χ0v) is 10.5. The van der Waals surface area contributed by atoms with Crippen LogP contribution in [0.5, 0.6) is 0 Å². The lowest BCUT2D eigenvalue weighted by Crippen LogP contribution is -2.35. The van der Waals surface area contributed by atoms with Crippen molar-refractivity contribution in [1.29, 1.82) is 0 Å². The first-order valence-corrected chi connectivity index (χ1v) is 6.75. The molecule has 1 aliphatic rings. The van der Waals surface area contributed by atoms with Gasteiger partial charge in [-0.1, -0.05) is 6.07 Å². The molecule has 2 N–H and O–H groups in total. The molecule has 0 aliphatic carbocycles. The van der Waals surface area contributed by atoms with E-state index in [0.717, 1.165) is 29.6 Å². The number of carbonyl (C=O) groups is 1. The lowest BCUT2D eigenvalue weighted by Gasteiger charge is -2.09. The summed E-state index contributed by atoms with van der Waals surface area (Å²) in [5, 5.41) is 7.10. The molecule has 0 spiro atoms. The zero-order chi connectivity index (χ0) is 12.5. The van der Waals surface area contributed by atoms with Crippen LogP contribution in [-0.4, -0.2) is 25.0 Å². The Morgan fingerprint density at radius 1 is 1.44 bits per heavy atom. The summed E-state index contributed by atoms with van der Waals surface area (Å²) in [5.41, 5.74) is 0. The van der Waals surface area contributed by atoms with Crippen molar-refractivity contribution < 1.29 is 9.18 Å². The van der Waals surface area contributed by atoms with Crippen LogP contribution in [0.1, 0.15) is 16.1 Å². The summed E-state index contributed by atoms with van der Waals surface area (Å²) in [6.07, 6.45) is 0.964. The Bertz CT molecular complexity index is 590. The number of hydrogen-bond acceptors (Lipinski definition) is 3. The molecule has 3 nitrogen and oxygen atoms in total. The van der Waals surface area contributed by atoms with Gasteiger partial charge in [-0.15, -0.1) is 11.3 Å². The zero-order valence-electron chi connectivity index (χ0n) is 9.70. The van der Waals surface area contributed by atoms with Gasteiger partial charge >= 0.3 is 0 Å². The van der Waals surface area contributed by atoms with Crippen molar-refractivity contribution in [2.24, 2.45) is 0 Å². The third-order valence-corrected chi connectivity index (χ3v) is 4.20. The average molecular weight is 264 g/mol. The fraction of sp³-hybridized carbons (Fsp3) is 0.308. The molecule has 1 aliphatic heterocycles. The van der Waals surface area contributed by atoms with E-state index in [1.807, 2.05) is 6.07 Å². The lowest BCUT2D eigenvalue weighted by atomic mass is 10.2. The van der Waals surface area contributed by atoms with Crippen LogP contribution in [0.3, 0.4) is 0 Å². The maximum absolute atomic E-state index is 13.1. The smallest absolute Gasteiger partial charge is 0.261 e. The fourth-order valence-electron chi connectivity index (χ4n) is 2.15. The molecule has 1 fully saturated rings. The number of nitrogens with one attached hydrogen (secondary N) is 2. The Kier molecular flexibility index (Phi) is 3.01. The predicted octanol–water partition coefficient (Wildman–Crippen LogP) is 2.13. The number of thiophene rings is 1. The molecule has 0 radical (unpaired) electrons. The van der Waals surface area contributed by atoms with Crippen LogP contribution in [0.4, 0.5) is 4.39 Å². The minimum Gasteiger partial charge on any atom is -0.347 e. The quantitative estimate of drug-likeness (QED) is 0.872. The summed E-state index contributed by atoms with van der Waals surface area (Å²) < 4.78 is 13.9. The van der Waals surface area contributed by atoms with Crippen LogP contribution in [0.25, 0.3) is 10.1 Å². The number of benzene rings is 1. The fourth-order valence-corrected chi connectivity index (χ4v) is 3.14. The predicted molar refractivity (Wildman–Crippen MR) is 70.5 cm³/mol. The number of rotatable bonds is 2. The van der Waals surface area contributed by atoms with Crippen molar-refractivity contribution in [3.63, 3.8) is 0 Å². The van der Waals surface area contributed by atoms with Crippen molar-refractivity contribution in [2.45, 2.75) is 12.5 Å². The number of carbonyl (C=O) groups excluding carboxylic acids is 1. The van der Waals surface area contributed by atoms with Gasteiger partial charge in [0.1, 0.15) is 5.82 Å². The molecule has 0 bridgehead atoms. The first kappa shape index (κ1) is 11.6. The molecule has 5 heteroatoms. The Balaban J connectivity index is 1.82. The summed E-state index contributed by atoms with van der Waals surface area (Å²) in [7, 11) is 0. The highest BCUT2D eigenvalue weighted by Crippen LogP contribution is 2.26. The van der Waals surface area contributed by atoms with E-state index in [1.54, 1.807) is 6.07 Å². The molecule has 1 atom stereocenters. The first-order chi connectivity index (χ1) is 8.72. The van der Waals surface area contributed by atoms with Crippen LogP contribution >= 0.6 is 11.3 Å². The van der Waals surface area contributed by atoms with Crippen molar-refractivity contribution in [1.82, 2.24) is 10.6 Å². The van der Waals surface area contributed by atoms with Crippen LogP contribution in [0, 0.1) is 5.82 Å². The molecule has 1 aromatic carbocycles. The lowest BCUT2D eigenvalue weighted by molar-refractivity contribution is 0.0944. The van der Waals surface area contributed by atoms with Crippen molar-refractivity contribution >= 4 is 27.3 Å². The minimum atomic E-state index is -0.267. The topological polar surface area (TPSA) is 41.1 Å². The summed E-state index contributed by atoms with van der Waals surface area (Å²) in [6, 6.07) is 6.61. The standard InChI is InChI=1S/C13H13FN2OS/c14-9-2-1-8-5-12(18-11(8)6-9)13(17)16-10-3-4-15-7-10/h1-2,5-6,10,15H,3-4,7H2,(H,16,17)/t10-/m0/s1. The van der Waals surface area contributed by atoms with Crippen LogP contribution in [-0.2, 0) is 0 Å². The monoisotopic (exact) mass is 264 g/mol. The van der Waals surface area contributed by atoms with Gasteiger partial charge in [-0.2, -0.15) is 0 Å². The molecule has 0 saturated carbocycles. The highest BCUT2D eigenvalue weighted by molar-refractivity contribution is 7.20. The van der Waals surface area contributed by atoms with Gasteiger partial charge in [0.2, 0.25) is 0 Å². The maximum Gasteiger partial charge on any atom is 0.261 e. The number of hydrogen-bond donors (Lipinski definition) is 2. The molecule has 1 amide bonds. The van der Waals surface area contributed by atoms with Crippen LogP contribution in [0.2, 0.25) is 0 Å². The molecule has 1 aromatic heterocycles. The molecule has 2 heterocycles. The third kappa shape index (κ3) is 2.23. The van der Waals surface area contributed by atoms with E-state index in [0.29, 0.717) is 4.88 Å². The third-order valence-electron chi connectivity index (χ3n) is 3.10. The van der Waals surface area contributed by atoms with Gasteiger partial charge in [0.25, 0.3) is 5.91 Å². The second kappa shape index (κ2) is 4.66. The van der Waals surface area contributed by atoms with Crippen LogP contribution < -0.4 is 10.6 Å². The van der Waals surface area contributed by atoms with E-state index in [1.165, 1.54) is 23.5 Å². The van der Waals surface area contributed by atoms with Gasteiger partial charge in [0.05, 0.1) is 4.88 Å². The van der Waals surface area contributed by atoms with Gasteiger partial charge in [-0.3, -0.25) is 4.79 Å². The largest absolute Gasteiger partial charge is 0.347 e. The second-order valence-corrected chi connectivity index (χ2v) is 5.54. The van der Waals surface area contributed by atoms with Gasteiger partial charge in [-0.05, 0) is 36.6 Å². The SMILES string of the molecule is O=C(N[C@H]1CCNC1)c1cc2ccc(F)cc2s1. The van der Waals surface area contributed by atoms with Crippen molar-refractivity contribution in [3.8, 4) is 0 Å². The van der Waals surface area contributed by atoms with E-state index in [4.69, 9.17) is 0 Å². The Hall–Kier alpha value is -1.46. The summed E-state index contributed by atoms with van der Waals surface area (Å²) in [4.78, 5) is 12.7. The van der Waals surface area contributed by atoms with E-state index in [9.17, 15) is 9.18 Å². The van der Waals surface area contributed by atoms with Gasteiger partial charge < -0.3 is 10.6 Å². The molecular formula is C13H13FN2OS. The molecule has 3 rings (SSSR count). The summed E-state index contributed by atoms with van der Waals surface area (Å²) in [5.74, 6) is -0.332. The van der Waals surface area contributed by atoms with E-state index >= 15 is 0 Å².